The average Bonchev–Trinajstić information content (AvgIpc) is 2.62. The van der Waals surface area contributed by atoms with Gasteiger partial charge in [-0.15, -0.1) is 11.3 Å². The van der Waals surface area contributed by atoms with Gasteiger partial charge in [0.15, 0.2) is 0 Å². The van der Waals surface area contributed by atoms with Gasteiger partial charge in [0.25, 0.3) is 0 Å². The van der Waals surface area contributed by atoms with Gasteiger partial charge in [-0.1, -0.05) is 51.8 Å². The molecule has 0 nitrogen and oxygen atoms in total. The molecule has 0 radical (unpaired) electrons. The minimum atomic E-state index is 0.835. The highest BCUT2D eigenvalue weighted by Gasteiger charge is 2.08. The van der Waals surface area contributed by atoms with Gasteiger partial charge in [-0.3, -0.25) is 0 Å². The zero-order valence-corrected chi connectivity index (χ0v) is 10.8. The van der Waals surface area contributed by atoms with Crippen molar-refractivity contribution in [1.82, 2.24) is 0 Å². The third kappa shape index (κ3) is 1.40. The van der Waals surface area contributed by atoms with Gasteiger partial charge in [-0.25, -0.2) is 0 Å². The zero-order valence-electron chi connectivity index (χ0n) is 7.63. The van der Waals surface area contributed by atoms with Gasteiger partial charge in [0.05, 0.1) is 5.02 Å². The molecule has 0 atom stereocenters. The second-order valence-electron chi connectivity index (χ2n) is 3.36. The van der Waals surface area contributed by atoms with E-state index in [1.165, 1.54) is 15.5 Å². The molecule has 0 N–H and O–H groups in total. The summed E-state index contributed by atoms with van der Waals surface area (Å²) < 4.78 is 2.37. The predicted octanol–water partition coefficient (Wildman–Crippen LogP) is 5.47. The monoisotopic (exact) mass is 296 g/mol. The normalized spacial score (nSPS) is 11.3. The first kappa shape index (κ1) is 9.64. The quantitative estimate of drug-likeness (QED) is 0.516. The van der Waals surface area contributed by atoms with Crippen molar-refractivity contribution in [2.24, 2.45) is 0 Å². The Morgan fingerprint density at radius 3 is 2.60 bits per heavy atom. The van der Waals surface area contributed by atoms with E-state index in [-0.39, 0.29) is 0 Å². The summed E-state index contributed by atoms with van der Waals surface area (Å²) in [5, 5.41) is 6.46. The Labute approximate surface area is 105 Å². The molecular formula is C12H6BrClS. The van der Waals surface area contributed by atoms with Crippen molar-refractivity contribution in [3.05, 3.63) is 45.2 Å². The first-order valence-electron chi connectivity index (χ1n) is 4.51. The SMILES string of the molecule is Clc1csc2c1cc(Br)c1ccccc12. The molecule has 0 fully saturated rings. The lowest BCUT2D eigenvalue weighted by atomic mass is 10.1. The van der Waals surface area contributed by atoms with Crippen LogP contribution in [0.5, 0.6) is 0 Å². The summed E-state index contributed by atoms with van der Waals surface area (Å²) >= 11 is 11.4. The lowest BCUT2D eigenvalue weighted by molar-refractivity contribution is 1.78. The van der Waals surface area contributed by atoms with Crippen LogP contribution in [0.2, 0.25) is 5.02 Å². The first-order chi connectivity index (χ1) is 7.27. The number of thiophene rings is 1. The van der Waals surface area contributed by atoms with Crippen molar-refractivity contribution >= 4 is 59.7 Å². The third-order valence-corrected chi connectivity index (χ3v) is 4.61. The minimum Gasteiger partial charge on any atom is -0.142 e. The number of benzene rings is 2. The summed E-state index contributed by atoms with van der Waals surface area (Å²) in [5.41, 5.74) is 0. The molecule has 0 bridgehead atoms. The lowest BCUT2D eigenvalue weighted by Crippen LogP contribution is -1.75. The maximum atomic E-state index is 6.13. The van der Waals surface area contributed by atoms with Gasteiger partial charge in [0, 0.05) is 25.3 Å². The zero-order chi connectivity index (χ0) is 10.4. The van der Waals surface area contributed by atoms with Crippen molar-refractivity contribution in [1.29, 1.82) is 0 Å². The first-order valence-corrected chi connectivity index (χ1v) is 6.56. The van der Waals surface area contributed by atoms with Gasteiger partial charge >= 0.3 is 0 Å². The summed E-state index contributed by atoms with van der Waals surface area (Å²) in [6.45, 7) is 0. The van der Waals surface area contributed by atoms with E-state index in [4.69, 9.17) is 11.6 Å². The van der Waals surface area contributed by atoms with Crippen LogP contribution >= 0.6 is 38.9 Å². The molecule has 0 unspecified atom stereocenters. The van der Waals surface area contributed by atoms with E-state index >= 15 is 0 Å². The average molecular weight is 298 g/mol. The predicted molar refractivity (Wildman–Crippen MR) is 72.0 cm³/mol. The van der Waals surface area contributed by atoms with Crippen molar-refractivity contribution in [2.45, 2.75) is 0 Å². The van der Waals surface area contributed by atoms with E-state index in [9.17, 15) is 0 Å². The van der Waals surface area contributed by atoms with E-state index in [2.05, 4.69) is 40.2 Å². The molecular weight excluding hydrogens is 292 g/mol. The Hall–Kier alpha value is -0.570. The molecule has 74 valence electrons. The van der Waals surface area contributed by atoms with E-state index < -0.39 is 0 Å². The van der Waals surface area contributed by atoms with Crippen LogP contribution in [0.15, 0.2) is 40.2 Å². The number of halogens is 2. The Balaban J connectivity index is 2.65. The van der Waals surface area contributed by atoms with Gasteiger partial charge in [0.1, 0.15) is 0 Å². The lowest BCUT2D eigenvalue weighted by Gasteiger charge is -2.02. The van der Waals surface area contributed by atoms with E-state index in [1.807, 2.05) is 11.4 Å². The molecule has 0 amide bonds. The van der Waals surface area contributed by atoms with Crippen LogP contribution in [0.1, 0.15) is 0 Å². The number of rotatable bonds is 0. The Morgan fingerprint density at radius 1 is 1.07 bits per heavy atom. The van der Waals surface area contributed by atoms with Gasteiger partial charge in [-0.05, 0) is 11.5 Å². The minimum absolute atomic E-state index is 0.835. The molecule has 1 aromatic heterocycles. The van der Waals surface area contributed by atoms with Crippen LogP contribution in [-0.4, -0.2) is 0 Å². The van der Waals surface area contributed by atoms with Crippen LogP contribution < -0.4 is 0 Å². The fourth-order valence-electron chi connectivity index (χ4n) is 1.78. The molecule has 15 heavy (non-hydrogen) atoms. The maximum Gasteiger partial charge on any atom is 0.0592 e. The summed E-state index contributed by atoms with van der Waals surface area (Å²) in [6, 6.07) is 10.5. The van der Waals surface area contributed by atoms with Crippen LogP contribution in [0.25, 0.3) is 20.9 Å². The van der Waals surface area contributed by atoms with E-state index in [1.54, 1.807) is 11.3 Å². The summed E-state index contributed by atoms with van der Waals surface area (Å²) in [6.07, 6.45) is 0. The third-order valence-electron chi connectivity index (χ3n) is 2.48. The highest BCUT2D eigenvalue weighted by Crippen LogP contribution is 2.38. The van der Waals surface area contributed by atoms with Crippen molar-refractivity contribution in [3.8, 4) is 0 Å². The maximum absolute atomic E-state index is 6.13. The van der Waals surface area contributed by atoms with Gasteiger partial charge in [0.2, 0.25) is 0 Å². The van der Waals surface area contributed by atoms with Crippen LogP contribution in [0, 0.1) is 0 Å². The van der Waals surface area contributed by atoms with Crippen LogP contribution in [-0.2, 0) is 0 Å². The molecule has 0 aliphatic heterocycles. The molecule has 0 aliphatic rings. The fraction of sp³-hybridized carbons (Fsp3) is 0. The van der Waals surface area contributed by atoms with E-state index in [0.717, 1.165) is 14.9 Å². The summed E-state index contributed by atoms with van der Waals surface area (Å²) in [5.74, 6) is 0. The van der Waals surface area contributed by atoms with Crippen LogP contribution in [0.3, 0.4) is 0 Å². The largest absolute Gasteiger partial charge is 0.142 e. The van der Waals surface area contributed by atoms with Gasteiger partial charge < -0.3 is 0 Å². The molecule has 0 saturated carbocycles. The topological polar surface area (TPSA) is 0 Å². The molecule has 3 heteroatoms. The highest BCUT2D eigenvalue weighted by atomic mass is 79.9. The molecule has 3 aromatic rings. The van der Waals surface area contributed by atoms with Crippen molar-refractivity contribution in [2.75, 3.05) is 0 Å². The van der Waals surface area contributed by atoms with Crippen molar-refractivity contribution in [3.63, 3.8) is 0 Å². The fourth-order valence-corrected chi connectivity index (χ4v) is 3.65. The number of hydrogen-bond donors (Lipinski definition) is 0. The summed E-state index contributed by atoms with van der Waals surface area (Å²) in [7, 11) is 0. The molecule has 1 heterocycles. The molecule has 2 aromatic carbocycles. The van der Waals surface area contributed by atoms with Crippen LogP contribution in [0.4, 0.5) is 0 Å². The standard InChI is InChI=1S/C12H6BrClS/c13-10-5-9-11(14)6-15-12(9)8-4-2-1-3-7(8)10/h1-6H. The molecule has 0 spiro atoms. The highest BCUT2D eigenvalue weighted by molar-refractivity contribution is 9.10. The molecule has 3 rings (SSSR count). The molecule has 0 aliphatic carbocycles. The second kappa shape index (κ2) is 3.48. The summed E-state index contributed by atoms with van der Waals surface area (Å²) in [4.78, 5) is 0. The second-order valence-corrected chi connectivity index (χ2v) is 5.51. The Morgan fingerprint density at radius 2 is 1.80 bits per heavy atom. The smallest absolute Gasteiger partial charge is 0.0592 e. The van der Waals surface area contributed by atoms with Crippen molar-refractivity contribution < 1.29 is 0 Å². The Kier molecular flexibility index (Phi) is 2.23. The van der Waals surface area contributed by atoms with Gasteiger partial charge in [-0.2, -0.15) is 0 Å². The number of fused-ring (bicyclic) bond motifs is 3. The van der Waals surface area contributed by atoms with E-state index in [0.29, 0.717) is 0 Å². The molecule has 0 saturated heterocycles. The Bertz CT molecular complexity index is 657. The number of hydrogen-bond acceptors (Lipinski definition) is 1.